The Morgan fingerprint density at radius 2 is 1.70 bits per heavy atom. The van der Waals surface area contributed by atoms with Gasteiger partial charge in [0.1, 0.15) is 5.82 Å². The molecule has 0 unspecified atom stereocenters. The number of anilines is 1. The topological polar surface area (TPSA) is 51.7 Å². The number of aromatic nitrogens is 1. The fourth-order valence-electron chi connectivity index (χ4n) is 3.87. The van der Waals surface area contributed by atoms with Crippen molar-refractivity contribution in [3.63, 3.8) is 0 Å². The lowest BCUT2D eigenvalue weighted by Crippen LogP contribution is -2.46. The van der Waals surface area contributed by atoms with Crippen molar-refractivity contribution in [1.82, 2.24) is 20.1 Å². The van der Waals surface area contributed by atoms with Gasteiger partial charge in [0.2, 0.25) is 0 Å². The van der Waals surface area contributed by atoms with Crippen molar-refractivity contribution in [3.05, 3.63) is 59.8 Å². The van der Waals surface area contributed by atoms with Crippen LogP contribution in [0.3, 0.4) is 0 Å². The summed E-state index contributed by atoms with van der Waals surface area (Å²) in [6.07, 6.45) is 2.64. The maximum Gasteiger partial charge on any atom is 0.252 e. The number of rotatable bonds is 10. The molecule has 6 nitrogen and oxygen atoms in total. The predicted octanol–water partition coefficient (Wildman–Crippen LogP) is 2.87. The Kier molecular flexibility index (Phi) is 8.66. The smallest absolute Gasteiger partial charge is 0.252 e. The number of pyridine rings is 1. The zero-order valence-electron chi connectivity index (χ0n) is 18.4. The maximum absolute atomic E-state index is 12.3. The number of nitrogens with one attached hydrogen (secondary N) is 1. The molecule has 0 aliphatic carbocycles. The SMILES string of the molecule is CCN(CC)c1ccc(C(=O)NCCCN2CCN(Cc3ccccc3)CC2)cn1. The van der Waals surface area contributed by atoms with Crippen molar-refractivity contribution >= 4 is 11.7 Å². The monoisotopic (exact) mass is 409 g/mol. The van der Waals surface area contributed by atoms with Crippen LogP contribution in [-0.2, 0) is 6.54 Å². The molecule has 1 saturated heterocycles. The molecule has 1 amide bonds. The zero-order chi connectivity index (χ0) is 21.2. The Bertz CT molecular complexity index is 753. The van der Waals surface area contributed by atoms with Crippen LogP contribution in [-0.4, -0.2) is 73.0 Å². The standard InChI is InChI=1S/C24H35N5O/c1-3-29(4-2)23-12-11-22(19-26-23)24(30)25-13-8-14-27-15-17-28(18-16-27)20-21-9-6-5-7-10-21/h5-7,9-12,19H,3-4,8,13-18,20H2,1-2H3,(H,25,30). The molecule has 1 fully saturated rings. The Morgan fingerprint density at radius 1 is 1.00 bits per heavy atom. The lowest BCUT2D eigenvalue weighted by molar-refractivity contribution is 0.0947. The molecule has 162 valence electrons. The minimum absolute atomic E-state index is 0.0405. The third-order valence-corrected chi connectivity index (χ3v) is 5.75. The molecule has 30 heavy (non-hydrogen) atoms. The molecule has 3 rings (SSSR count). The summed E-state index contributed by atoms with van der Waals surface area (Å²) in [6.45, 7) is 13.2. The van der Waals surface area contributed by atoms with E-state index in [1.165, 1.54) is 5.56 Å². The van der Waals surface area contributed by atoms with Crippen LogP contribution in [0.25, 0.3) is 0 Å². The molecular formula is C24H35N5O. The van der Waals surface area contributed by atoms with Crippen molar-refractivity contribution in [2.75, 3.05) is 57.3 Å². The first-order valence-corrected chi connectivity index (χ1v) is 11.2. The molecule has 6 heteroatoms. The van der Waals surface area contributed by atoms with E-state index in [1.54, 1.807) is 6.20 Å². The zero-order valence-corrected chi connectivity index (χ0v) is 18.4. The molecule has 2 heterocycles. The summed E-state index contributed by atoms with van der Waals surface area (Å²) in [4.78, 5) is 24.0. The van der Waals surface area contributed by atoms with E-state index in [9.17, 15) is 4.79 Å². The number of hydrogen-bond donors (Lipinski definition) is 1. The van der Waals surface area contributed by atoms with Crippen LogP contribution >= 0.6 is 0 Å². The van der Waals surface area contributed by atoms with Gasteiger partial charge in [0, 0.05) is 58.6 Å². The van der Waals surface area contributed by atoms with E-state index in [-0.39, 0.29) is 5.91 Å². The van der Waals surface area contributed by atoms with Gasteiger partial charge < -0.3 is 15.1 Å². The second kappa shape index (κ2) is 11.7. The summed E-state index contributed by atoms with van der Waals surface area (Å²) in [5, 5.41) is 3.03. The van der Waals surface area contributed by atoms with Crippen molar-refractivity contribution in [2.45, 2.75) is 26.8 Å². The minimum atomic E-state index is -0.0405. The molecule has 0 bridgehead atoms. The van der Waals surface area contributed by atoms with Crippen LogP contribution in [0.2, 0.25) is 0 Å². The Labute approximate surface area is 180 Å². The molecule has 2 aromatic rings. The quantitative estimate of drug-likeness (QED) is 0.612. The molecule has 0 saturated carbocycles. The minimum Gasteiger partial charge on any atom is -0.357 e. The lowest BCUT2D eigenvalue weighted by Gasteiger charge is -2.34. The summed E-state index contributed by atoms with van der Waals surface area (Å²) in [5.41, 5.74) is 2.01. The van der Waals surface area contributed by atoms with Crippen LogP contribution in [0.5, 0.6) is 0 Å². The molecule has 0 atom stereocenters. The van der Waals surface area contributed by atoms with E-state index >= 15 is 0 Å². The molecule has 1 aliphatic rings. The number of carbonyl (C=O) groups excluding carboxylic acids is 1. The van der Waals surface area contributed by atoms with Gasteiger partial charge in [0.25, 0.3) is 5.91 Å². The summed E-state index contributed by atoms with van der Waals surface area (Å²) in [6, 6.07) is 14.5. The highest BCUT2D eigenvalue weighted by molar-refractivity contribution is 5.94. The fourth-order valence-corrected chi connectivity index (χ4v) is 3.87. The molecule has 0 spiro atoms. The third-order valence-electron chi connectivity index (χ3n) is 5.75. The average Bonchev–Trinajstić information content (AvgIpc) is 2.79. The van der Waals surface area contributed by atoms with Gasteiger partial charge in [0.15, 0.2) is 0 Å². The number of amides is 1. The highest BCUT2D eigenvalue weighted by Crippen LogP contribution is 2.11. The van der Waals surface area contributed by atoms with Gasteiger partial charge in [-0.3, -0.25) is 9.69 Å². The van der Waals surface area contributed by atoms with Gasteiger partial charge >= 0.3 is 0 Å². The first-order valence-electron chi connectivity index (χ1n) is 11.2. The summed E-state index contributed by atoms with van der Waals surface area (Å²) in [7, 11) is 0. The Balaban J connectivity index is 1.32. The first kappa shape index (κ1) is 22.2. The van der Waals surface area contributed by atoms with Crippen LogP contribution in [0, 0.1) is 0 Å². The van der Waals surface area contributed by atoms with Gasteiger partial charge in [-0.25, -0.2) is 4.98 Å². The fraction of sp³-hybridized carbons (Fsp3) is 0.500. The summed E-state index contributed by atoms with van der Waals surface area (Å²) in [5.74, 6) is 0.879. The van der Waals surface area contributed by atoms with Gasteiger partial charge in [0.05, 0.1) is 5.56 Å². The number of piperazine rings is 1. The molecule has 1 aromatic heterocycles. The van der Waals surface area contributed by atoms with Crippen LogP contribution in [0.4, 0.5) is 5.82 Å². The predicted molar refractivity (Wildman–Crippen MR) is 123 cm³/mol. The molecule has 1 N–H and O–H groups in total. The van der Waals surface area contributed by atoms with Gasteiger partial charge in [-0.2, -0.15) is 0 Å². The molecule has 1 aliphatic heterocycles. The van der Waals surface area contributed by atoms with Crippen LogP contribution < -0.4 is 10.2 Å². The average molecular weight is 410 g/mol. The number of carbonyl (C=O) groups is 1. The summed E-state index contributed by atoms with van der Waals surface area (Å²) >= 11 is 0. The van der Waals surface area contributed by atoms with Gasteiger partial charge in [-0.15, -0.1) is 0 Å². The Morgan fingerprint density at radius 3 is 2.33 bits per heavy atom. The second-order valence-electron chi connectivity index (χ2n) is 7.79. The molecule has 0 radical (unpaired) electrons. The van der Waals surface area contributed by atoms with Crippen molar-refractivity contribution in [3.8, 4) is 0 Å². The van der Waals surface area contributed by atoms with E-state index in [0.29, 0.717) is 12.1 Å². The van der Waals surface area contributed by atoms with Gasteiger partial charge in [-0.1, -0.05) is 30.3 Å². The summed E-state index contributed by atoms with van der Waals surface area (Å²) < 4.78 is 0. The normalized spacial score (nSPS) is 15.1. The van der Waals surface area contributed by atoms with E-state index < -0.39 is 0 Å². The Hall–Kier alpha value is -2.44. The van der Waals surface area contributed by atoms with Crippen molar-refractivity contribution in [2.24, 2.45) is 0 Å². The second-order valence-corrected chi connectivity index (χ2v) is 7.79. The van der Waals surface area contributed by atoms with E-state index in [2.05, 4.69) is 69.2 Å². The van der Waals surface area contributed by atoms with Crippen molar-refractivity contribution < 1.29 is 4.79 Å². The van der Waals surface area contributed by atoms with E-state index in [1.807, 2.05) is 12.1 Å². The van der Waals surface area contributed by atoms with Crippen LogP contribution in [0.15, 0.2) is 48.7 Å². The van der Waals surface area contributed by atoms with E-state index in [0.717, 1.165) is 64.6 Å². The first-order chi connectivity index (χ1) is 14.7. The molecule has 1 aromatic carbocycles. The van der Waals surface area contributed by atoms with E-state index in [4.69, 9.17) is 0 Å². The lowest BCUT2D eigenvalue weighted by atomic mass is 10.2. The molecular weight excluding hydrogens is 374 g/mol. The highest BCUT2D eigenvalue weighted by Gasteiger charge is 2.16. The number of hydrogen-bond acceptors (Lipinski definition) is 5. The van der Waals surface area contributed by atoms with Gasteiger partial charge in [-0.05, 0) is 44.5 Å². The number of benzene rings is 1. The maximum atomic E-state index is 12.3. The van der Waals surface area contributed by atoms with Crippen LogP contribution in [0.1, 0.15) is 36.2 Å². The van der Waals surface area contributed by atoms with Crippen molar-refractivity contribution in [1.29, 1.82) is 0 Å². The number of nitrogens with zero attached hydrogens (tertiary/aromatic N) is 4. The highest BCUT2D eigenvalue weighted by atomic mass is 16.1. The third kappa shape index (κ3) is 6.54. The largest absolute Gasteiger partial charge is 0.357 e.